The average molecular weight is 377 g/mol. The van der Waals surface area contributed by atoms with Crippen molar-refractivity contribution in [2.75, 3.05) is 11.9 Å². The van der Waals surface area contributed by atoms with E-state index in [2.05, 4.69) is 10.6 Å². The van der Waals surface area contributed by atoms with Crippen LogP contribution in [0.5, 0.6) is 0 Å². The Hall–Kier alpha value is -1.76. The summed E-state index contributed by atoms with van der Waals surface area (Å²) in [4.78, 5) is 11.8. The summed E-state index contributed by atoms with van der Waals surface area (Å²) in [7, 11) is 0. The van der Waals surface area contributed by atoms with Gasteiger partial charge in [-0.3, -0.25) is 4.79 Å². The van der Waals surface area contributed by atoms with Crippen molar-refractivity contribution in [2.24, 2.45) is 0 Å². The molecule has 2 N–H and O–H groups in total. The molecular formula is C16H13Cl2F3N2O. The van der Waals surface area contributed by atoms with Gasteiger partial charge in [0, 0.05) is 11.6 Å². The van der Waals surface area contributed by atoms with E-state index < -0.39 is 17.6 Å². The Morgan fingerprint density at radius 1 is 1.04 bits per heavy atom. The van der Waals surface area contributed by atoms with Crippen molar-refractivity contribution in [1.29, 1.82) is 0 Å². The van der Waals surface area contributed by atoms with Gasteiger partial charge in [-0.25, -0.2) is 0 Å². The lowest BCUT2D eigenvalue weighted by Gasteiger charge is -2.12. The summed E-state index contributed by atoms with van der Waals surface area (Å²) >= 11 is 11.6. The van der Waals surface area contributed by atoms with Gasteiger partial charge in [-0.15, -0.1) is 0 Å². The van der Waals surface area contributed by atoms with Crippen molar-refractivity contribution in [2.45, 2.75) is 12.7 Å². The Bertz CT molecular complexity index is 718. The molecule has 24 heavy (non-hydrogen) atoms. The van der Waals surface area contributed by atoms with Crippen LogP contribution in [-0.2, 0) is 17.5 Å². The van der Waals surface area contributed by atoms with Crippen LogP contribution in [0, 0.1) is 0 Å². The number of hydrogen-bond acceptors (Lipinski definition) is 2. The molecule has 0 spiro atoms. The lowest BCUT2D eigenvalue weighted by Crippen LogP contribution is -2.28. The maximum Gasteiger partial charge on any atom is 0.416 e. The molecule has 3 nitrogen and oxygen atoms in total. The Balaban J connectivity index is 1.91. The molecule has 0 saturated heterocycles. The van der Waals surface area contributed by atoms with E-state index in [0.29, 0.717) is 11.6 Å². The molecule has 1 amide bonds. The quantitative estimate of drug-likeness (QED) is 0.790. The van der Waals surface area contributed by atoms with Crippen LogP contribution in [0.1, 0.15) is 11.1 Å². The summed E-state index contributed by atoms with van der Waals surface area (Å²) in [5, 5.41) is 5.89. The van der Waals surface area contributed by atoms with Crippen LogP contribution >= 0.6 is 23.2 Å². The molecule has 128 valence electrons. The van der Waals surface area contributed by atoms with Gasteiger partial charge in [0.2, 0.25) is 5.91 Å². The molecule has 2 aromatic carbocycles. The molecule has 0 atom stereocenters. The van der Waals surface area contributed by atoms with Gasteiger partial charge in [-0.2, -0.15) is 13.2 Å². The van der Waals surface area contributed by atoms with Gasteiger partial charge < -0.3 is 10.6 Å². The summed E-state index contributed by atoms with van der Waals surface area (Å²) in [5.41, 5.74) is -0.0367. The zero-order valence-corrected chi connectivity index (χ0v) is 13.8. The molecule has 0 fully saturated rings. The topological polar surface area (TPSA) is 41.1 Å². The molecule has 0 heterocycles. The van der Waals surface area contributed by atoms with Crippen molar-refractivity contribution in [3.8, 4) is 0 Å². The van der Waals surface area contributed by atoms with E-state index in [9.17, 15) is 18.0 Å². The smallest absolute Gasteiger partial charge is 0.324 e. The number of benzene rings is 2. The van der Waals surface area contributed by atoms with E-state index in [4.69, 9.17) is 23.2 Å². The molecule has 0 saturated carbocycles. The monoisotopic (exact) mass is 376 g/mol. The highest BCUT2D eigenvalue weighted by Crippen LogP contribution is 2.33. The SMILES string of the molecule is O=C(CNCc1ccc(Cl)cc1)Nc1cc(C(F)(F)F)ccc1Cl. The number of carbonyl (C=O) groups is 1. The minimum atomic E-state index is -4.50. The molecule has 8 heteroatoms. The van der Waals surface area contributed by atoms with Gasteiger partial charge in [0.05, 0.1) is 22.8 Å². The summed E-state index contributed by atoms with van der Waals surface area (Å²) in [6.07, 6.45) is -4.50. The summed E-state index contributed by atoms with van der Waals surface area (Å²) in [6.45, 7) is 0.343. The highest BCUT2D eigenvalue weighted by atomic mass is 35.5. The highest BCUT2D eigenvalue weighted by molar-refractivity contribution is 6.33. The second kappa shape index (κ2) is 7.88. The van der Waals surface area contributed by atoms with Crippen LogP contribution < -0.4 is 10.6 Å². The van der Waals surface area contributed by atoms with E-state index >= 15 is 0 Å². The predicted octanol–water partition coefficient (Wildman–Crippen LogP) is 4.74. The second-order valence-electron chi connectivity index (χ2n) is 4.97. The normalized spacial score (nSPS) is 11.4. The highest BCUT2D eigenvalue weighted by Gasteiger charge is 2.31. The molecule has 0 aromatic heterocycles. The van der Waals surface area contributed by atoms with Crippen molar-refractivity contribution in [3.63, 3.8) is 0 Å². The van der Waals surface area contributed by atoms with E-state index in [0.717, 1.165) is 23.8 Å². The first-order chi connectivity index (χ1) is 11.3. The Labute approximate surface area is 146 Å². The zero-order chi connectivity index (χ0) is 17.7. The van der Waals surface area contributed by atoms with E-state index in [1.54, 1.807) is 24.3 Å². The van der Waals surface area contributed by atoms with Crippen molar-refractivity contribution in [1.82, 2.24) is 5.32 Å². The van der Waals surface area contributed by atoms with Crippen LogP contribution in [0.2, 0.25) is 10.0 Å². The maximum atomic E-state index is 12.7. The first-order valence-corrected chi connectivity index (χ1v) is 7.63. The average Bonchev–Trinajstić information content (AvgIpc) is 2.50. The molecule has 0 aliphatic rings. The molecule has 0 aliphatic heterocycles. The standard InChI is InChI=1S/C16H13Cl2F3N2O/c17-12-4-1-10(2-5-12)8-22-9-15(24)23-14-7-11(16(19,20)21)3-6-13(14)18/h1-7,22H,8-9H2,(H,23,24). The van der Waals surface area contributed by atoms with E-state index in [-0.39, 0.29) is 17.3 Å². The third-order valence-electron chi connectivity index (χ3n) is 3.10. The molecule has 0 unspecified atom stereocenters. The molecule has 0 bridgehead atoms. The molecule has 0 radical (unpaired) electrons. The largest absolute Gasteiger partial charge is 0.416 e. The Morgan fingerprint density at radius 3 is 2.33 bits per heavy atom. The Kier molecular flexibility index (Phi) is 6.10. The number of hydrogen-bond donors (Lipinski definition) is 2. The molecular weight excluding hydrogens is 364 g/mol. The third kappa shape index (κ3) is 5.40. The van der Waals surface area contributed by atoms with Crippen molar-refractivity contribution >= 4 is 34.8 Å². The minimum absolute atomic E-state index is 0.0362. The number of carbonyl (C=O) groups excluding carboxylic acids is 1. The fourth-order valence-corrected chi connectivity index (χ4v) is 2.21. The second-order valence-corrected chi connectivity index (χ2v) is 5.81. The number of rotatable bonds is 5. The molecule has 0 aliphatic carbocycles. The van der Waals surface area contributed by atoms with Crippen molar-refractivity contribution < 1.29 is 18.0 Å². The van der Waals surface area contributed by atoms with Gasteiger partial charge in [0.25, 0.3) is 0 Å². The fraction of sp³-hybridized carbons (Fsp3) is 0.188. The molecule has 2 aromatic rings. The summed E-state index contributed by atoms with van der Waals surface area (Å²) in [5.74, 6) is -0.495. The van der Waals surface area contributed by atoms with E-state index in [1.165, 1.54) is 0 Å². The predicted molar refractivity (Wildman–Crippen MR) is 88.2 cm³/mol. The summed E-state index contributed by atoms with van der Waals surface area (Å²) in [6, 6.07) is 9.81. The number of anilines is 1. The fourth-order valence-electron chi connectivity index (χ4n) is 1.91. The molecule has 2 rings (SSSR count). The van der Waals surface area contributed by atoms with Gasteiger partial charge in [0.15, 0.2) is 0 Å². The number of alkyl halides is 3. The number of nitrogens with one attached hydrogen (secondary N) is 2. The van der Waals surface area contributed by atoms with Crippen LogP contribution in [0.4, 0.5) is 18.9 Å². The van der Waals surface area contributed by atoms with Crippen molar-refractivity contribution in [3.05, 3.63) is 63.6 Å². The third-order valence-corrected chi connectivity index (χ3v) is 3.68. The number of halogens is 5. The van der Waals surface area contributed by atoms with Crippen LogP contribution in [0.15, 0.2) is 42.5 Å². The van der Waals surface area contributed by atoms with Gasteiger partial charge in [0.1, 0.15) is 0 Å². The number of amides is 1. The van der Waals surface area contributed by atoms with Gasteiger partial charge in [-0.1, -0.05) is 35.3 Å². The Morgan fingerprint density at radius 2 is 1.71 bits per heavy atom. The van der Waals surface area contributed by atoms with E-state index in [1.807, 2.05) is 0 Å². The van der Waals surface area contributed by atoms with Gasteiger partial charge >= 0.3 is 6.18 Å². The lowest BCUT2D eigenvalue weighted by molar-refractivity contribution is -0.137. The van der Waals surface area contributed by atoms with Crippen LogP contribution in [-0.4, -0.2) is 12.5 Å². The summed E-state index contributed by atoms with van der Waals surface area (Å²) < 4.78 is 38.0. The van der Waals surface area contributed by atoms with Gasteiger partial charge in [-0.05, 0) is 35.9 Å². The first kappa shape index (κ1) is 18.6. The van der Waals surface area contributed by atoms with Crippen LogP contribution in [0.3, 0.4) is 0 Å². The lowest BCUT2D eigenvalue weighted by atomic mass is 10.2. The first-order valence-electron chi connectivity index (χ1n) is 6.87. The maximum absolute atomic E-state index is 12.7. The minimum Gasteiger partial charge on any atom is -0.324 e. The zero-order valence-electron chi connectivity index (χ0n) is 12.3. The van der Waals surface area contributed by atoms with Crippen LogP contribution in [0.25, 0.3) is 0 Å².